The highest BCUT2D eigenvalue weighted by Crippen LogP contribution is 2.41. The van der Waals surface area contributed by atoms with Gasteiger partial charge in [0.2, 0.25) is 0 Å². The van der Waals surface area contributed by atoms with Gasteiger partial charge in [-0.2, -0.15) is 0 Å². The van der Waals surface area contributed by atoms with E-state index in [4.69, 9.17) is 13.9 Å². The largest absolute Gasteiger partial charge is 0.493 e. The van der Waals surface area contributed by atoms with Crippen LogP contribution >= 0.6 is 15.9 Å². The highest BCUT2D eigenvalue weighted by atomic mass is 79.9. The molecule has 0 aliphatic heterocycles. The predicted molar refractivity (Wildman–Crippen MR) is 156 cm³/mol. The molecule has 0 aromatic heterocycles. The monoisotopic (exact) mass is 578 g/mol. The van der Waals surface area contributed by atoms with Crippen LogP contribution in [0.25, 0.3) is 0 Å². The second-order valence-electron chi connectivity index (χ2n) is 10.4. The number of hydrogen-bond acceptors (Lipinski definition) is 4. The van der Waals surface area contributed by atoms with E-state index in [0.717, 1.165) is 31.1 Å². The van der Waals surface area contributed by atoms with Crippen LogP contribution in [-0.4, -0.2) is 34.4 Å². The van der Waals surface area contributed by atoms with E-state index in [9.17, 15) is 4.79 Å². The van der Waals surface area contributed by atoms with Crippen molar-refractivity contribution in [2.45, 2.75) is 51.2 Å². The highest BCUT2D eigenvalue weighted by molar-refractivity contribution is 9.10. The molecule has 4 rings (SSSR count). The Balaban J connectivity index is 1.70. The Hall–Kier alpha value is -2.67. The summed E-state index contributed by atoms with van der Waals surface area (Å²) >= 11 is 3.56. The van der Waals surface area contributed by atoms with Crippen LogP contribution in [0.3, 0.4) is 0 Å². The van der Waals surface area contributed by atoms with Crippen LogP contribution in [0.4, 0.5) is 0 Å². The number of methoxy groups -OCH3 is 1. The van der Waals surface area contributed by atoms with E-state index in [2.05, 4.69) is 103 Å². The van der Waals surface area contributed by atoms with Crippen LogP contribution in [0.15, 0.2) is 88.9 Å². The SMILES string of the molecule is COc1ccc(C=O)c(Br)c1O[C@@H]1CCCC=C1CO[Si](c1ccccc1)(c1ccccc1)C(C)(C)C. The maximum atomic E-state index is 11.6. The fourth-order valence-electron chi connectivity index (χ4n) is 5.20. The maximum absolute atomic E-state index is 11.6. The molecule has 4 nitrogen and oxygen atoms in total. The minimum absolute atomic E-state index is 0.105. The molecule has 1 atom stereocenters. The van der Waals surface area contributed by atoms with Crippen molar-refractivity contribution in [3.05, 3.63) is 94.5 Å². The molecule has 0 fully saturated rings. The zero-order chi connectivity index (χ0) is 26.5. The lowest BCUT2D eigenvalue weighted by atomic mass is 9.97. The number of ether oxygens (including phenoxy) is 2. The molecule has 0 N–H and O–H groups in total. The first-order valence-electron chi connectivity index (χ1n) is 12.7. The van der Waals surface area contributed by atoms with E-state index in [0.29, 0.717) is 28.1 Å². The van der Waals surface area contributed by atoms with Gasteiger partial charge in [-0.15, -0.1) is 0 Å². The Kier molecular flexibility index (Phi) is 8.73. The molecule has 0 radical (unpaired) electrons. The smallest absolute Gasteiger partial charge is 0.261 e. The second kappa shape index (κ2) is 11.8. The predicted octanol–water partition coefficient (Wildman–Crippen LogP) is 6.70. The number of aldehydes is 1. The van der Waals surface area contributed by atoms with E-state index in [1.807, 2.05) is 0 Å². The number of benzene rings is 3. The molecular formula is C31H35BrO4Si. The van der Waals surface area contributed by atoms with E-state index in [1.165, 1.54) is 10.4 Å². The molecule has 0 saturated carbocycles. The lowest BCUT2D eigenvalue weighted by Gasteiger charge is -2.43. The topological polar surface area (TPSA) is 44.8 Å². The van der Waals surface area contributed by atoms with Gasteiger partial charge >= 0.3 is 0 Å². The van der Waals surface area contributed by atoms with Crippen LogP contribution in [0.5, 0.6) is 11.5 Å². The molecule has 0 saturated heterocycles. The third kappa shape index (κ3) is 5.61. The average molecular weight is 580 g/mol. The first-order valence-corrected chi connectivity index (χ1v) is 15.4. The van der Waals surface area contributed by atoms with Crippen molar-refractivity contribution in [2.24, 2.45) is 0 Å². The molecule has 0 spiro atoms. The Morgan fingerprint density at radius 1 is 0.973 bits per heavy atom. The zero-order valence-corrected chi connectivity index (χ0v) is 24.6. The van der Waals surface area contributed by atoms with Gasteiger partial charge in [-0.1, -0.05) is 87.5 Å². The second-order valence-corrected chi connectivity index (χ2v) is 15.5. The van der Waals surface area contributed by atoms with Gasteiger partial charge in [-0.05, 0) is 68.3 Å². The van der Waals surface area contributed by atoms with Crippen LogP contribution in [0, 0.1) is 0 Å². The Morgan fingerprint density at radius 3 is 2.14 bits per heavy atom. The lowest BCUT2D eigenvalue weighted by molar-refractivity contribution is 0.112. The molecule has 3 aromatic rings. The van der Waals surface area contributed by atoms with E-state index < -0.39 is 8.32 Å². The first-order chi connectivity index (χ1) is 17.8. The average Bonchev–Trinajstić information content (AvgIpc) is 2.91. The van der Waals surface area contributed by atoms with Crippen molar-refractivity contribution in [3.63, 3.8) is 0 Å². The summed E-state index contributed by atoms with van der Waals surface area (Å²) in [7, 11) is -1.06. The molecule has 3 aromatic carbocycles. The summed E-state index contributed by atoms with van der Waals surface area (Å²) in [5.74, 6) is 1.14. The lowest BCUT2D eigenvalue weighted by Crippen LogP contribution is -2.66. The molecule has 0 bridgehead atoms. The number of rotatable bonds is 9. The minimum atomic E-state index is -2.68. The summed E-state index contributed by atoms with van der Waals surface area (Å²) in [6, 6.07) is 24.9. The van der Waals surface area contributed by atoms with Gasteiger partial charge in [0, 0.05) is 5.56 Å². The Labute approximate surface area is 229 Å². The van der Waals surface area contributed by atoms with E-state index in [-0.39, 0.29) is 11.1 Å². The summed E-state index contributed by atoms with van der Waals surface area (Å²) in [6.07, 6.45) is 5.80. The first kappa shape index (κ1) is 27.4. The number of halogens is 1. The maximum Gasteiger partial charge on any atom is 0.261 e. The number of carbonyl (C=O) groups is 1. The fourth-order valence-corrected chi connectivity index (χ4v) is 10.3. The van der Waals surface area contributed by atoms with Gasteiger partial charge < -0.3 is 13.9 Å². The van der Waals surface area contributed by atoms with Gasteiger partial charge in [0.1, 0.15) is 6.10 Å². The normalized spacial score (nSPS) is 16.1. The summed E-state index contributed by atoms with van der Waals surface area (Å²) in [6.45, 7) is 7.34. The number of allylic oxidation sites excluding steroid dienone is 1. The third-order valence-corrected chi connectivity index (χ3v) is 12.9. The Morgan fingerprint density at radius 2 is 1.59 bits per heavy atom. The van der Waals surface area contributed by atoms with Crippen molar-refractivity contribution in [1.82, 2.24) is 0 Å². The molecule has 37 heavy (non-hydrogen) atoms. The highest BCUT2D eigenvalue weighted by Gasteiger charge is 2.50. The van der Waals surface area contributed by atoms with Crippen molar-refractivity contribution in [3.8, 4) is 11.5 Å². The van der Waals surface area contributed by atoms with E-state index >= 15 is 0 Å². The van der Waals surface area contributed by atoms with Crippen molar-refractivity contribution in [2.75, 3.05) is 13.7 Å². The van der Waals surface area contributed by atoms with Gasteiger partial charge in [-0.3, -0.25) is 4.79 Å². The Bertz CT molecular complexity index is 1200. The summed E-state index contributed by atoms with van der Waals surface area (Å²) in [5, 5.41) is 2.41. The van der Waals surface area contributed by atoms with Gasteiger partial charge in [-0.25, -0.2) is 0 Å². The zero-order valence-electron chi connectivity index (χ0n) is 22.0. The number of carbonyl (C=O) groups excluding carboxylic acids is 1. The van der Waals surface area contributed by atoms with E-state index in [1.54, 1.807) is 19.2 Å². The van der Waals surface area contributed by atoms with Crippen LogP contribution in [-0.2, 0) is 4.43 Å². The molecular weight excluding hydrogens is 544 g/mol. The van der Waals surface area contributed by atoms with Crippen LogP contribution in [0.2, 0.25) is 5.04 Å². The van der Waals surface area contributed by atoms with Gasteiger partial charge in [0.25, 0.3) is 8.32 Å². The van der Waals surface area contributed by atoms with Crippen molar-refractivity contribution < 1.29 is 18.7 Å². The third-order valence-electron chi connectivity index (χ3n) is 7.06. The molecule has 1 aliphatic rings. The van der Waals surface area contributed by atoms with Gasteiger partial charge in [0.15, 0.2) is 17.8 Å². The number of hydrogen-bond donors (Lipinski definition) is 0. The quantitative estimate of drug-likeness (QED) is 0.161. The summed E-state index contributed by atoms with van der Waals surface area (Å²) < 4.78 is 19.9. The molecule has 0 amide bonds. The van der Waals surface area contributed by atoms with Crippen LogP contribution < -0.4 is 19.8 Å². The van der Waals surface area contributed by atoms with Crippen molar-refractivity contribution in [1.29, 1.82) is 0 Å². The molecule has 0 unspecified atom stereocenters. The minimum Gasteiger partial charge on any atom is -0.493 e. The molecule has 0 heterocycles. The van der Waals surface area contributed by atoms with Gasteiger partial charge in [0.05, 0.1) is 18.2 Å². The standard InChI is InChI=1S/C31H35BrO4Si/c1-31(2,3)37(25-14-7-5-8-15-25,26-16-9-6-10-17-26)35-22-24-13-11-12-18-27(24)36-30-28(34-4)20-19-23(21-33)29(30)32/h5-10,13-17,19-21,27H,11-12,18,22H2,1-4H3/t27-/m1/s1. The molecule has 1 aliphatic carbocycles. The molecule has 194 valence electrons. The fraction of sp³-hybridized carbons (Fsp3) is 0.323. The summed E-state index contributed by atoms with van der Waals surface area (Å²) in [4.78, 5) is 11.6. The van der Waals surface area contributed by atoms with Crippen molar-refractivity contribution >= 4 is 40.9 Å². The molecule has 6 heteroatoms. The van der Waals surface area contributed by atoms with Crippen LogP contribution in [0.1, 0.15) is 50.4 Å². The summed E-state index contributed by atoms with van der Waals surface area (Å²) in [5.41, 5.74) is 1.66.